The zero-order chi connectivity index (χ0) is 16.0. The van der Waals surface area contributed by atoms with E-state index in [9.17, 15) is 8.78 Å². The lowest BCUT2D eigenvalue weighted by Gasteiger charge is -2.12. The van der Waals surface area contributed by atoms with Gasteiger partial charge in [-0.1, -0.05) is 19.9 Å². The Labute approximate surface area is 128 Å². The molecule has 2 nitrogen and oxygen atoms in total. The number of rotatable bonds is 2. The molecule has 2 aromatic carbocycles. The zero-order valence-electron chi connectivity index (χ0n) is 13.1. The van der Waals surface area contributed by atoms with Crippen molar-refractivity contribution in [2.75, 3.05) is 0 Å². The molecule has 4 heteroatoms. The molecule has 0 saturated carbocycles. The van der Waals surface area contributed by atoms with Gasteiger partial charge < -0.3 is 0 Å². The molecule has 0 radical (unpaired) electrons. The normalized spacial score (nSPS) is 11.6. The van der Waals surface area contributed by atoms with Gasteiger partial charge in [0.25, 0.3) is 0 Å². The van der Waals surface area contributed by atoms with Crippen molar-refractivity contribution in [3.63, 3.8) is 0 Å². The fraction of sp³-hybridized carbons (Fsp3) is 0.278. The van der Waals surface area contributed by atoms with Crippen molar-refractivity contribution in [1.82, 2.24) is 9.78 Å². The van der Waals surface area contributed by atoms with Crippen LogP contribution in [-0.4, -0.2) is 9.78 Å². The fourth-order valence-electron chi connectivity index (χ4n) is 2.91. The smallest absolute Gasteiger partial charge is 0.130 e. The number of hydrogen-bond acceptors (Lipinski definition) is 1. The molecule has 3 aromatic rings. The summed E-state index contributed by atoms with van der Waals surface area (Å²) in [6.45, 7) is 5.52. The molecule has 0 saturated heterocycles. The lowest BCUT2D eigenvalue weighted by Crippen LogP contribution is -1.99. The van der Waals surface area contributed by atoms with Gasteiger partial charge in [0.05, 0.1) is 5.52 Å². The minimum atomic E-state index is -0.497. The average molecular weight is 300 g/mol. The van der Waals surface area contributed by atoms with E-state index in [1.54, 1.807) is 18.5 Å². The molecule has 0 aliphatic carbocycles. The van der Waals surface area contributed by atoms with E-state index >= 15 is 0 Å². The molecule has 0 spiro atoms. The Bertz CT molecular complexity index is 840. The first kappa shape index (κ1) is 14.7. The molecule has 0 amide bonds. The van der Waals surface area contributed by atoms with Gasteiger partial charge in [0.2, 0.25) is 0 Å². The minimum Gasteiger partial charge on any atom is -0.275 e. The Hall–Kier alpha value is -2.23. The molecule has 0 unspecified atom stereocenters. The molecule has 0 aliphatic rings. The van der Waals surface area contributed by atoms with Crippen molar-refractivity contribution < 1.29 is 8.78 Å². The summed E-state index contributed by atoms with van der Waals surface area (Å²) in [5, 5.41) is 5.27. The predicted octanol–water partition coefficient (Wildman–Crippen LogP) is 4.95. The van der Waals surface area contributed by atoms with E-state index < -0.39 is 11.6 Å². The van der Waals surface area contributed by atoms with Gasteiger partial charge in [-0.05, 0) is 47.7 Å². The van der Waals surface area contributed by atoms with Crippen LogP contribution in [0.4, 0.5) is 8.78 Å². The van der Waals surface area contributed by atoms with Crippen LogP contribution in [0, 0.1) is 18.6 Å². The fourth-order valence-corrected chi connectivity index (χ4v) is 2.91. The van der Waals surface area contributed by atoms with Gasteiger partial charge in [0.1, 0.15) is 11.6 Å². The Morgan fingerprint density at radius 2 is 1.68 bits per heavy atom. The standard InChI is InChI=1S/C18H18F2N2/c1-10(2)18-15(19)7-12(8-16(18)20)13-5-11(3)6-17-14(13)9-22(4)21-17/h5-10H,1-4H3. The quantitative estimate of drug-likeness (QED) is 0.654. The minimum absolute atomic E-state index is 0.138. The van der Waals surface area contributed by atoms with Crippen LogP contribution in [0.25, 0.3) is 22.0 Å². The highest BCUT2D eigenvalue weighted by molar-refractivity contribution is 5.95. The summed E-state index contributed by atoms with van der Waals surface area (Å²) in [5.41, 5.74) is 3.32. The van der Waals surface area contributed by atoms with Crippen LogP contribution in [0.3, 0.4) is 0 Å². The number of benzene rings is 2. The van der Waals surface area contributed by atoms with Gasteiger partial charge in [-0.25, -0.2) is 8.78 Å². The molecule has 1 heterocycles. The maximum Gasteiger partial charge on any atom is 0.130 e. The Balaban J connectivity index is 2.28. The first-order valence-corrected chi connectivity index (χ1v) is 7.30. The van der Waals surface area contributed by atoms with Crippen molar-refractivity contribution in [1.29, 1.82) is 0 Å². The number of aryl methyl sites for hydroxylation is 2. The van der Waals surface area contributed by atoms with E-state index in [0.29, 0.717) is 5.56 Å². The van der Waals surface area contributed by atoms with Crippen molar-refractivity contribution in [2.45, 2.75) is 26.7 Å². The van der Waals surface area contributed by atoms with Gasteiger partial charge in [0.15, 0.2) is 0 Å². The highest BCUT2D eigenvalue weighted by Crippen LogP contribution is 2.33. The monoisotopic (exact) mass is 300 g/mol. The molecule has 22 heavy (non-hydrogen) atoms. The Kier molecular flexibility index (Phi) is 3.47. The van der Waals surface area contributed by atoms with Crippen LogP contribution in [0.15, 0.2) is 30.5 Å². The van der Waals surface area contributed by atoms with Crippen molar-refractivity contribution in [3.8, 4) is 11.1 Å². The maximum absolute atomic E-state index is 14.3. The van der Waals surface area contributed by atoms with E-state index in [1.807, 2.05) is 32.3 Å². The second kappa shape index (κ2) is 5.20. The molecular weight excluding hydrogens is 282 g/mol. The molecule has 1 aromatic heterocycles. The van der Waals surface area contributed by atoms with Crippen LogP contribution in [0.1, 0.15) is 30.9 Å². The summed E-state index contributed by atoms with van der Waals surface area (Å²) < 4.78 is 30.3. The van der Waals surface area contributed by atoms with E-state index in [0.717, 1.165) is 22.0 Å². The zero-order valence-corrected chi connectivity index (χ0v) is 13.1. The van der Waals surface area contributed by atoms with Crippen LogP contribution < -0.4 is 0 Å². The summed E-state index contributed by atoms with van der Waals surface area (Å²) >= 11 is 0. The lowest BCUT2D eigenvalue weighted by atomic mass is 9.95. The number of fused-ring (bicyclic) bond motifs is 1. The van der Waals surface area contributed by atoms with Crippen LogP contribution in [-0.2, 0) is 7.05 Å². The number of aromatic nitrogens is 2. The van der Waals surface area contributed by atoms with Crippen LogP contribution >= 0.6 is 0 Å². The second-order valence-electron chi connectivity index (χ2n) is 6.06. The van der Waals surface area contributed by atoms with Gasteiger partial charge in [-0.3, -0.25) is 4.68 Å². The lowest BCUT2D eigenvalue weighted by molar-refractivity contribution is 0.542. The maximum atomic E-state index is 14.3. The molecule has 3 rings (SSSR count). The number of nitrogens with zero attached hydrogens (tertiary/aromatic N) is 2. The highest BCUT2D eigenvalue weighted by atomic mass is 19.1. The second-order valence-corrected chi connectivity index (χ2v) is 6.06. The first-order valence-electron chi connectivity index (χ1n) is 7.30. The summed E-state index contributed by atoms with van der Waals surface area (Å²) in [5.74, 6) is -1.18. The third-order valence-corrected chi connectivity index (χ3v) is 3.85. The highest BCUT2D eigenvalue weighted by Gasteiger charge is 2.17. The summed E-state index contributed by atoms with van der Waals surface area (Å²) in [6.07, 6.45) is 1.87. The van der Waals surface area contributed by atoms with Crippen molar-refractivity contribution in [3.05, 3.63) is 53.2 Å². The molecule has 0 bridgehead atoms. The predicted molar refractivity (Wildman–Crippen MR) is 84.9 cm³/mol. The summed E-state index contributed by atoms with van der Waals surface area (Å²) in [7, 11) is 1.84. The Morgan fingerprint density at radius 3 is 2.27 bits per heavy atom. The van der Waals surface area contributed by atoms with Gasteiger partial charge in [-0.15, -0.1) is 0 Å². The third kappa shape index (κ3) is 2.39. The van der Waals surface area contributed by atoms with E-state index in [1.165, 1.54) is 12.1 Å². The molecular formula is C18H18F2N2. The topological polar surface area (TPSA) is 17.8 Å². The van der Waals surface area contributed by atoms with E-state index in [-0.39, 0.29) is 11.5 Å². The molecule has 0 N–H and O–H groups in total. The molecule has 114 valence electrons. The van der Waals surface area contributed by atoms with Crippen LogP contribution in [0.2, 0.25) is 0 Å². The van der Waals surface area contributed by atoms with E-state index in [4.69, 9.17) is 0 Å². The largest absolute Gasteiger partial charge is 0.275 e. The molecule has 0 atom stereocenters. The Morgan fingerprint density at radius 1 is 1.05 bits per heavy atom. The number of halogens is 2. The molecule has 0 fully saturated rings. The first-order chi connectivity index (χ1) is 10.4. The molecule has 0 aliphatic heterocycles. The average Bonchev–Trinajstić information content (AvgIpc) is 2.76. The van der Waals surface area contributed by atoms with Gasteiger partial charge >= 0.3 is 0 Å². The van der Waals surface area contributed by atoms with Crippen molar-refractivity contribution >= 4 is 10.9 Å². The van der Waals surface area contributed by atoms with E-state index in [2.05, 4.69) is 5.10 Å². The van der Waals surface area contributed by atoms with Crippen LogP contribution in [0.5, 0.6) is 0 Å². The van der Waals surface area contributed by atoms with Gasteiger partial charge in [-0.2, -0.15) is 5.10 Å². The SMILES string of the molecule is Cc1cc(-c2cc(F)c(C(C)C)c(F)c2)c2cn(C)nc2c1. The van der Waals surface area contributed by atoms with Gasteiger partial charge in [0, 0.05) is 24.2 Å². The summed E-state index contributed by atoms with van der Waals surface area (Å²) in [4.78, 5) is 0. The third-order valence-electron chi connectivity index (χ3n) is 3.85. The summed E-state index contributed by atoms with van der Waals surface area (Å²) in [6, 6.07) is 6.74. The van der Waals surface area contributed by atoms with Crippen molar-refractivity contribution in [2.24, 2.45) is 7.05 Å². The number of hydrogen-bond donors (Lipinski definition) is 0.